The number of rotatable bonds is 6. The molecule has 1 aliphatic heterocycles. The van der Waals surface area contributed by atoms with Crippen molar-refractivity contribution in [2.24, 2.45) is 0 Å². The van der Waals surface area contributed by atoms with Gasteiger partial charge >= 0.3 is 12.1 Å². The zero-order valence-corrected chi connectivity index (χ0v) is 17.3. The lowest BCUT2D eigenvalue weighted by atomic mass is 10.1. The second kappa shape index (κ2) is 9.34. The van der Waals surface area contributed by atoms with Crippen LogP contribution in [-0.2, 0) is 17.7 Å². The van der Waals surface area contributed by atoms with E-state index in [2.05, 4.69) is 22.3 Å². The van der Waals surface area contributed by atoms with Gasteiger partial charge < -0.3 is 14.4 Å². The third-order valence-electron chi connectivity index (χ3n) is 5.11. The van der Waals surface area contributed by atoms with Gasteiger partial charge in [-0.1, -0.05) is 30.3 Å². The van der Waals surface area contributed by atoms with Gasteiger partial charge in [-0.25, -0.2) is 9.59 Å². The van der Waals surface area contributed by atoms with Gasteiger partial charge in [-0.3, -0.25) is 5.32 Å². The van der Waals surface area contributed by atoms with Crippen molar-refractivity contribution in [2.75, 3.05) is 23.4 Å². The summed E-state index contributed by atoms with van der Waals surface area (Å²) in [5.74, 6) is 0.108. The van der Waals surface area contributed by atoms with Crippen LogP contribution in [0, 0.1) is 0 Å². The van der Waals surface area contributed by atoms with Crippen molar-refractivity contribution in [1.29, 1.82) is 0 Å². The Morgan fingerprint density at radius 3 is 2.52 bits per heavy atom. The highest BCUT2D eigenvalue weighted by atomic mass is 16.6. The zero-order valence-electron chi connectivity index (χ0n) is 17.3. The third kappa shape index (κ3) is 5.04. The first-order valence-corrected chi connectivity index (χ1v) is 10.3. The van der Waals surface area contributed by atoms with Crippen molar-refractivity contribution in [3.63, 3.8) is 0 Å². The van der Waals surface area contributed by atoms with Crippen LogP contribution in [0.15, 0.2) is 72.8 Å². The Bertz CT molecular complexity index is 1060. The highest BCUT2D eigenvalue weighted by molar-refractivity contribution is 5.91. The molecule has 31 heavy (non-hydrogen) atoms. The van der Waals surface area contributed by atoms with Crippen LogP contribution in [0.2, 0.25) is 0 Å². The number of nitrogens with one attached hydrogen (secondary N) is 1. The van der Waals surface area contributed by atoms with E-state index in [1.165, 1.54) is 16.8 Å². The van der Waals surface area contributed by atoms with Crippen molar-refractivity contribution in [3.05, 3.63) is 89.5 Å². The molecular formula is C25H24N2O4. The molecule has 0 unspecified atom stereocenters. The zero-order chi connectivity index (χ0) is 21.6. The van der Waals surface area contributed by atoms with Gasteiger partial charge in [-0.05, 0) is 66.9 Å². The molecule has 0 spiro atoms. The Hall–Kier alpha value is -3.80. The quantitative estimate of drug-likeness (QED) is 0.571. The van der Waals surface area contributed by atoms with E-state index in [0.29, 0.717) is 23.6 Å². The Kier molecular flexibility index (Phi) is 6.17. The Morgan fingerprint density at radius 1 is 1.00 bits per heavy atom. The lowest BCUT2D eigenvalue weighted by molar-refractivity contribution is 0.0526. The molecule has 0 aliphatic carbocycles. The van der Waals surface area contributed by atoms with E-state index in [1.807, 2.05) is 36.4 Å². The van der Waals surface area contributed by atoms with E-state index in [-0.39, 0.29) is 0 Å². The first kappa shape index (κ1) is 20.5. The van der Waals surface area contributed by atoms with Gasteiger partial charge in [0, 0.05) is 24.5 Å². The maximum Gasteiger partial charge on any atom is 0.417 e. The van der Waals surface area contributed by atoms with Gasteiger partial charge in [0.2, 0.25) is 0 Å². The largest absolute Gasteiger partial charge is 0.462 e. The number of ether oxygens (including phenoxy) is 2. The molecule has 0 bridgehead atoms. The second-order valence-corrected chi connectivity index (χ2v) is 7.26. The van der Waals surface area contributed by atoms with Crippen molar-refractivity contribution in [1.82, 2.24) is 0 Å². The van der Waals surface area contributed by atoms with Crippen LogP contribution in [-0.4, -0.2) is 25.2 Å². The van der Waals surface area contributed by atoms with E-state index in [9.17, 15) is 9.59 Å². The van der Waals surface area contributed by atoms with Crippen LogP contribution in [0.25, 0.3) is 0 Å². The Balaban J connectivity index is 1.36. The fraction of sp³-hybridized carbons (Fsp3) is 0.200. The number of carbonyl (C=O) groups excluding carboxylic acids is 2. The fourth-order valence-electron chi connectivity index (χ4n) is 3.63. The summed E-state index contributed by atoms with van der Waals surface area (Å²) in [7, 11) is 0. The summed E-state index contributed by atoms with van der Waals surface area (Å²) >= 11 is 0. The molecule has 3 aromatic carbocycles. The minimum Gasteiger partial charge on any atom is -0.462 e. The Morgan fingerprint density at radius 2 is 1.77 bits per heavy atom. The first-order valence-electron chi connectivity index (χ1n) is 10.3. The van der Waals surface area contributed by atoms with Crippen LogP contribution >= 0.6 is 0 Å². The molecule has 0 atom stereocenters. The summed E-state index contributed by atoms with van der Waals surface area (Å²) in [6.07, 6.45) is 0.332. The van der Waals surface area contributed by atoms with Gasteiger partial charge in [-0.2, -0.15) is 0 Å². The van der Waals surface area contributed by atoms with Crippen LogP contribution in [0.4, 0.5) is 16.2 Å². The summed E-state index contributed by atoms with van der Waals surface area (Å²) in [5, 5.41) is 2.67. The smallest absolute Gasteiger partial charge is 0.417 e. The number of amides is 1. The van der Waals surface area contributed by atoms with Crippen molar-refractivity contribution < 1.29 is 19.1 Å². The minimum absolute atomic E-state index is 0.315. The number of carbonyl (C=O) groups is 2. The SMILES string of the molecule is CCOC(=O)c1ccc(NC(=O)Oc2ccc3c(c2)CCN3Cc2ccccc2)cc1. The van der Waals surface area contributed by atoms with Crippen LogP contribution in [0.5, 0.6) is 5.75 Å². The summed E-state index contributed by atoms with van der Waals surface area (Å²) in [6, 6.07) is 22.6. The maximum atomic E-state index is 12.3. The number of fused-ring (bicyclic) bond motifs is 1. The molecule has 1 heterocycles. The lowest BCUT2D eigenvalue weighted by Gasteiger charge is -2.19. The molecule has 4 rings (SSSR count). The topological polar surface area (TPSA) is 67.9 Å². The number of hydrogen-bond donors (Lipinski definition) is 1. The monoisotopic (exact) mass is 416 g/mol. The fourth-order valence-corrected chi connectivity index (χ4v) is 3.63. The standard InChI is InChI=1S/C25H24N2O4/c1-2-30-24(28)19-8-10-21(11-9-19)26-25(29)31-22-12-13-23-20(16-22)14-15-27(23)17-18-6-4-3-5-7-18/h3-13,16H,2,14-15,17H2,1H3,(H,26,29). The summed E-state index contributed by atoms with van der Waals surface area (Å²) < 4.78 is 10.4. The van der Waals surface area contributed by atoms with Gasteiger partial charge in [0.05, 0.1) is 12.2 Å². The lowest BCUT2D eigenvalue weighted by Crippen LogP contribution is -2.19. The van der Waals surface area contributed by atoms with Crippen LogP contribution in [0.1, 0.15) is 28.4 Å². The second-order valence-electron chi connectivity index (χ2n) is 7.26. The highest BCUT2D eigenvalue weighted by Gasteiger charge is 2.20. The summed E-state index contributed by atoms with van der Waals surface area (Å²) in [4.78, 5) is 26.3. The molecule has 1 N–H and O–H groups in total. The van der Waals surface area contributed by atoms with Crippen molar-refractivity contribution in [3.8, 4) is 5.75 Å². The average Bonchev–Trinajstić information content (AvgIpc) is 3.17. The third-order valence-corrected chi connectivity index (χ3v) is 5.11. The van der Waals surface area contributed by atoms with Gasteiger partial charge in [0.1, 0.15) is 5.75 Å². The molecular weight excluding hydrogens is 392 g/mol. The van der Waals surface area contributed by atoms with E-state index in [0.717, 1.165) is 19.5 Å². The van der Waals surface area contributed by atoms with Gasteiger partial charge in [0.25, 0.3) is 0 Å². The van der Waals surface area contributed by atoms with E-state index < -0.39 is 12.1 Å². The molecule has 6 nitrogen and oxygen atoms in total. The molecule has 0 aromatic heterocycles. The first-order chi connectivity index (χ1) is 15.1. The molecule has 3 aromatic rings. The van der Waals surface area contributed by atoms with Crippen LogP contribution in [0.3, 0.4) is 0 Å². The number of anilines is 2. The minimum atomic E-state index is -0.581. The predicted octanol–water partition coefficient (Wildman–Crippen LogP) is 5.04. The number of benzene rings is 3. The van der Waals surface area contributed by atoms with E-state index >= 15 is 0 Å². The Labute approximate surface area is 181 Å². The van der Waals surface area contributed by atoms with Gasteiger partial charge in [-0.15, -0.1) is 0 Å². The van der Waals surface area contributed by atoms with E-state index in [4.69, 9.17) is 9.47 Å². The summed E-state index contributed by atoms with van der Waals surface area (Å²) in [6.45, 7) is 3.86. The number of nitrogens with zero attached hydrogens (tertiary/aromatic N) is 1. The molecule has 1 amide bonds. The molecule has 0 radical (unpaired) electrons. The highest BCUT2D eigenvalue weighted by Crippen LogP contribution is 2.32. The number of hydrogen-bond acceptors (Lipinski definition) is 5. The molecule has 0 saturated heterocycles. The maximum absolute atomic E-state index is 12.3. The normalized spacial score (nSPS) is 12.2. The molecule has 0 fully saturated rings. The van der Waals surface area contributed by atoms with Gasteiger partial charge in [0.15, 0.2) is 0 Å². The number of esters is 1. The van der Waals surface area contributed by atoms with Crippen molar-refractivity contribution in [2.45, 2.75) is 19.9 Å². The molecule has 1 aliphatic rings. The molecule has 0 saturated carbocycles. The summed E-state index contributed by atoms with van der Waals surface area (Å²) in [5.41, 5.74) is 4.57. The van der Waals surface area contributed by atoms with Crippen LogP contribution < -0.4 is 15.0 Å². The average molecular weight is 416 g/mol. The predicted molar refractivity (Wildman–Crippen MR) is 120 cm³/mol. The van der Waals surface area contributed by atoms with E-state index in [1.54, 1.807) is 31.2 Å². The van der Waals surface area contributed by atoms with Crippen molar-refractivity contribution >= 4 is 23.4 Å². The molecule has 6 heteroatoms. The molecule has 158 valence electrons.